The van der Waals surface area contributed by atoms with Gasteiger partial charge in [0.1, 0.15) is 11.5 Å². The van der Waals surface area contributed by atoms with Crippen LogP contribution in [0, 0.1) is 0 Å². The van der Waals surface area contributed by atoms with Crippen LogP contribution in [0.5, 0.6) is 0 Å². The van der Waals surface area contributed by atoms with E-state index in [0.29, 0.717) is 22.1 Å². The molecule has 1 amide bonds. The zero-order valence-corrected chi connectivity index (χ0v) is 17.0. The number of pyridine rings is 1. The van der Waals surface area contributed by atoms with E-state index in [9.17, 15) is 4.79 Å². The molecule has 0 aliphatic heterocycles. The van der Waals surface area contributed by atoms with Crippen LogP contribution in [0.1, 0.15) is 10.4 Å². The molecule has 2 aromatic carbocycles. The van der Waals surface area contributed by atoms with Crippen molar-refractivity contribution in [3.8, 4) is 22.5 Å². The third kappa shape index (κ3) is 3.76. The Bertz CT molecular complexity index is 1380. The van der Waals surface area contributed by atoms with Crippen molar-refractivity contribution >= 4 is 29.0 Å². The first-order valence-electron chi connectivity index (χ1n) is 9.61. The second-order valence-electron chi connectivity index (χ2n) is 6.86. The minimum atomic E-state index is -0.223. The van der Waals surface area contributed by atoms with Crippen LogP contribution < -0.4 is 5.32 Å². The van der Waals surface area contributed by atoms with Crippen molar-refractivity contribution in [1.82, 2.24) is 19.6 Å². The van der Waals surface area contributed by atoms with Gasteiger partial charge in [-0.25, -0.2) is 14.5 Å². The number of carbonyl (C=O) groups is 1. The van der Waals surface area contributed by atoms with E-state index in [-0.39, 0.29) is 5.91 Å². The number of amides is 1. The molecule has 6 nitrogen and oxygen atoms in total. The van der Waals surface area contributed by atoms with E-state index >= 15 is 0 Å². The number of hydrogen-bond acceptors (Lipinski definition) is 4. The maximum atomic E-state index is 12.6. The molecule has 7 heteroatoms. The van der Waals surface area contributed by atoms with Crippen LogP contribution in [0.2, 0.25) is 5.02 Å². The van der Waals surface area contributed by atoms with Crippen molar-refractivity contribution in [2.45, 2.75) is 0 Å². The lowest BCUT2D eigenvalue weighted by atomic mass is 10.1. The zero-order valence-electron chi connectivity index (χ0n) is 16.2. The predicted molar refractivity (Wildman–Crippen MR) is 121 cm³/mol. The fourth-order valence-corrected chi connectivity index (χ4v) is 3.51. The van der Waals surface area contributed by atoms with Crippen molar-refractivity contribution in [2.75, 3.05) is 5.32 Å². The lowest BCUT2D eigenvalue weighted by Gasteiger charge is -2.08. The van der Waals surface area contributed by atoms with Gasteiger partial charge in [-0.15, -0.1) is 0 Å². The van der Waals surface area contributed by atoms with Gasteiger partial charge in [-0.1, -0.05) is 41.9 Å². The van der Waals surface area contributed by atoms with Crippen molar-refractivity contribution < 1.29 is 4.79 Å². The van der Waals surface area contributed by atoms with E-state index in [1.54, 1.807) is 29.0 Å². The zero-order chi connectivity index (χ0) is 21.2. The molecule has 0 unspecified atom stereocenters. The molecule has 0 aliphatic carbocycles. The molecule has 0 aliphatic rings. The Morgan fingerprint density at radius 1 is 0.871 bits per heavy atom. The van der Waals surface area contributed by atoms with Gasteiger partial charge in [0, 0.05) is 34.1 Å². The number of anilines is 1. The molecule has 0 bridgehead atoms. The highest BCUT2D eigenvalue weighted by atomic mass is 35.5. The van der Waals surface area contributed by atoms with E-state index < -0.39 is 0 Å². The largest absolute Gasteiger partial charge is 0.307 e. The number of fused-ring (bicyclic) bond motifs is 1. The van der Waals surface area contributed by atoms with Gasteiger partial charge in [-0.3, -0.25) is 4.79 Å². The van der Waals surface area contributed by atoms with Crippen LogP contribution in [0.15, 0.2) is 91.3 Å². The molecule has 31 heavy (non-hydrogen) atoms. The molecule has 0 fully saturated rings. The van der Waals surface area contributed by atoms with Gasteiger partial charge >= 0.3 is 0 Å². The molecule has 5 aromatic rings. The molecule has 0 saturated carbocycles. The van der Waals surface area contributed by atoms with Crippen LogP contribution >= 0.6 is 11.6 Å². The first kappa shape index (κ1) is 19.0. The summed E-state index contributed by atoms with van der Waals surface area (Å²) in [6, 6.07) is 24.0. The van der Waals surface area contributed by atoms with Crippen molar-refractivity contribution in [1.29, 1.82) is 0 Å². The topological polar surface area (TPSA) is 72.2 Å². The van der Waals surface area contributed by atoms with Gasteiger partial charge in [0.05, 0.1) is 5.69 Å². The minimum Gasteiger partial charge on any atom is -0.307 e. The smallest absolute Gasteiger partial charge is 0.256 e. The van der Waals surface area contributed by atoms with E-state index in [4.69, 9.17) is 16.6 Å². The summed E-state index contributed by atoms with van der Waals surface area (Å²) in [5, 5.41) is 7.99. The molecule has 0 spiro atoms. The molecular weight excluding hydrogens is 410 g/mol. The molecule has 3 heterocycles. The number of halogens is 1. The lowest BCUT2D eigenvalue weighted by molar-refractivity contribution is 0.102. The molecule has 0 atom stereocenters. The van der Waals surface area contributed by atoms with Gasteiger partial charge in [0.25, 0.3) is 5.91 Å². The fourth-order valence-electron chi connectivity index (χ4n) is 3.38. The van der Waals surface area contributed by atoms with E-state index in [1.807, 2.05) is 66.7 Å². The Labute approximate surface area is 183 Å². The highest BCUT2D eigenvalue weighted by Crippen LogP contribution is 2.33. The monoisotopic (exact) mass is 425 g/mol. The fraction of sp³-hybridized carbons (Fsp3) is 0. The summed E-state index contributed by atoms with van der Waals surface area (Å²) in [4.78, 5) is 21.6. The van der Waals surface area contributed by atoms with Crippen LogP contribution in [0.4, 0.5) is 5.82 Å². The number of nitrogens with one attached hydrogen (secondary N) is 1. The maximum Gasteiger partial charge on any atom is 0.256 e. The number of aromatic nitrogens is 4. The van der Waals surface area contributed by atoms with E-state index in [1.165, 1.54) is 0 Å². The first-order chi connectivity index (χ1) is 15.2. The summed E-state index contributed by atoms with van der Waals surface area (Å²) in [5.74, 6) is 0.221. The number of nitrogens with zero attached hydrogens (tertiary/aromatic N) is 4. The summed E-state index contributed by atoms with van der Waals surface area (Å²) in [6.07, 6.45) is 3.37. The Kier molecular flexibility index (Phi) is 4.90. The SMILES string of the molecule is O=C(Nc1cc(-c2c(-c3ccc(Cl)cc3)nc3cccnn23)ccn1)c1ccccc1. The second-order valence-corrected chi connectivity index (χ2v) is 7.30. The third-order valence-electron chi connectivity index (χ3n) is 4.82. The van der Waals surface area contributed by atoms with Crippen molar-refractivity contribution in [3.05, 3.63) is 102 Å². The summed E-state index contributed by atoms with van der Waals surface area (Å²) in [5.41, 5.74) is 4.59. The summed E-state index contributed by atoms with van der Waals surface area (Å²) in [6.45, 7) is 0. The van der Waals surface area contributed by atoms with Gasteiger partial charge in [0.2, 0.25) is 0 Å². The lowest BCUT2D eigenvalue weighted by Crippen LogP contribution is -2.12. The predicted octanol–water partition coefficient (Wildman–Crippen LogP) is 5.36. The second kappa shape index (κ2) is 8.01. The highest BCUT2D eigenvalue weighted by Gasteiger charge is 2.18. The number of rotatable bonds is 4. The minimum absolute atomic E-state index is 0.223. The Morgan fingerprint density at radius 2 is 1.68 bits per heavy atom. The van der Waals surface area contributed by atoms with Gasteiger partial charge < -0.3 is 5.32 Å². The number of benzene rings is 2. The molecule has 1 N–H and O–H groups in total. The van der Waals surface area contributed by atoms with E-state index in [2.05, 4.69) is 15.4 Å². The average molecular weight is 426 g/mol. The third-order valence-corrected chi connectivity index (χ3v) is 5.07. The number of carbonyl (C=O) groups excluding carboxylic acids is 1. The number of hydrogen-bond donors (Lipinski definition) is 1. The van der Waals surface area contributed by atoms with Crippen LogP contribution in [-0.2, 0) is 0 Å². The molecule has 0 saturated heterocycles. The quantitative estimate of drug-likeness (QED) is 0.420. The average Bonchev–Trinajstić information content (AvgIpc) is 3.20. The molecule has 5 rings (SSSR count). The molecule has 0 radical (unpaired) electrons. The van der Waals surface area contributed by atoms with Gasteiger partial charge in [-0.05, 0) is 48.5 Å². The highest BCUT2D eigenvalue weighted by molar-refractivity contribution is 6.30. The van der Waals surface area contributed by atoms with Crippen molar-refractivity contribution in [2.24, 2.45) is 0 Å². The first-order valence-corrected chi connectivity index (χ1v) is 9.99. The van der Waals surface area contributed by atoms with E-state index in [0.717, 1.165) is 22.5 Å². The Balaban J connectivity index is 1.59. The van der Waals surface area contributed by atoms with Crippen LogP contribution in [0.3, 0.4) is 0 Å². The Morgan fingerprint density at radius 3 is 2.48 bits per heavy atom. The summed E-state index contributed by atoms with van der Waals surface area (Å²) < 4.78 is 1.78. The Hall–Kier alpha value is -4.03. The van der Waals surface area contributed by atoms with Gasteiger partial charge in [0.15, 0.2) is 5.65 Å². The van der Waals surface area contributed by atoms with Crippen molar-refractivity contribution in [3.63, 3.8) is 0 Å². The normalized spacial score (nSPS) is 10.9. The van der Waals surface area contributed by atoms with Crippen LogP contribution in [-0.4, -0.2) is 25.5 Å². The standard InChI is InChI=1S/C24H16ClN5O/c25-19-10-8-16(9-11-19)22-23(30-21(29-22)7-4-13-27-30)18-12-14-26-20(15-18)28-24(31)17-5-2-1-3-6-17/h1-15H,(H,26,28,31). The van der Waals surface area contributed by atoms with Gasteiger partial charge in [-0.2, -0.15) is 5.10 Å². The maximum absolute atomic E-state index is 12.6. The summed E-state index contributed by atoms with van der Waals surface area (Å²) >= 11 is 6.07. The number of imidazole rings is 1. The van der Waals surface area contributed by atoms with Crippen LogP contribution in [0.25, 0.3) is 28.2 Å². The molecular formula is C24H16ClN5O. The summed E-state index contributed by atoms with van der Waals surface area (Å²) in [7, 11) is 0. The molecule has 150 valence electrons. The molecule has 3 aromatic heterocycles.